The van der Waals surface area contributed by atoms with E-state index in [0.29, 0.717) is 11.3 Å². The Bertz CT molecular complexity index is 416. The van der Waals surface area contributed by atoms with E-state index in [2.05, 4.69) is 39.9 Å². The van der Waals surface area contributed by atoms with Crippen molar-refractivity contribution in [3.05, 3.63) is 17.9 Å². The lowest BCUT2D eigenvalue weighted by Crippen LogP contribution is -2.25. The number of furan rings is 1. The van der Waals surface area contributed by atoms with Crippen molar-refractivity contribution in [2.24, 2.45) is 5.41 Å². The van der Waals surface area contributed by atoms with Gasteiger partial charge in [0.15, 0.2) is 5.88 Å². The van der Waals surface area contributed by atoms with Crippen LogP contribution in [0.15, 0.2) is 16.7 Å². The fourth-order valence-electron chi connectivity index (χ4n) is 2.35. The van der Waals surface area contributed by atoms with Gasteiger partial charge in [-0.3, -0.25) is 10.1 Å². The van der Waals surface area contributed by atoms with Gasteiger partial charge in [0.1, 0.15) is 0 Å². The molecule has 1 rings (SSSR count). The molecule has 0 radical (unpaired) electrons. The standard InChI is InChI=1S/C15H25NO2/c1-7-14(3,4)10-15(5,6)12-8-13(18-9-12)16-11(2)17/h8-9H,7,10H2,1-6H3,(H,16,17). The molecule has 0 aliphatic carbocycles. The summed E-state index contributed by atoms with van der Waals surface area (Å²) in [6.45, 7) is 12.7. The van der Waals surface area contributed by atoms with Crippen molar-refractivity contribution in [3.63, 3.8) is 0 Å². The highest BCUT2D eigenvalue weighted by atomic mass is 16.3. The Morgan fingerprint density at radius 3 is 2.44 bits per heavy atom. The normalized spacial score (nSPS) is 12.6. The second kappa shape index (κ2) is 5.17. The Kier molecular flexibility index (Phi) is 4.25. The van der Waals surface area contributed by atoms with E-state index in [4.69, 9.17) is 4.42 Å². The van der Waals surface area contributed by atoms with Crippen LogP contribution in [-0.4, -0.2) is 5.91 Å². The van der Waals surface area contributed by atoms with Gasteiger partial charge in [0.25, 0.3) is 0 Å². The molecule has 0 saturated carbocycles. The van der Waals surface area contributed by atoms with E-state index >= 15 is 0 Å². The summed E-state index contributed by atoms with van der Waals surface area (Å²) >= 11 is 0. The van der Waals surface area contributed by atoms with E-state index < -0.39 is 0 Å². The van der Waals surface area contributed by atoms with E-state index in [1.807, 2.05) is 6.07 Å². The van der Waals surface area contributed by atoms with Crippen molar-refractivity contribution in [1.29, 1.82) is 0 Å². The van der Waals surface area contributed by atoms with Crippen LogP contribution in [0, 0.1) is 5.41 Å². The average molecular weight is 251 g/mol. The van der Waals surface area contributed by atoms with Crippen LogP contribution in [0.2, 0.25) is 0 Å². The largest absolute Gasteiger partial charge is 0.448 e. The van der Waals surface area contributed by atoms with Crippen molar-refractivity contribution < 1.29 is 9.21 Å². The minimum absolute atomic E-state index is 0.0414. The molecule has 3 heteroatoms. The summed E-state index contributed by atoms with van der Waals surface area (Å²) in [5.74, 6) is 0.419. The highest BCUT2D eigenvalue weighted by Gasteiger charge is 2.30. The molecule has 102 valence electrons. The minimum Gasteiger partial charge on any atom is -0.448 e. The zero-order valence-corrected chi connectivity index (χ0v) is 12.4. The van der Waals surface area contributed by atoms with Gasteiger partial charge in [0, 0.05) is 13.0 Å². The molecule has 0 spiro atoms. The van der Waals surface area contributed by atoms with Gasteiger partial charge in [-0.2, -0.15) is 0 Å². The van der Waals surface area contributed by atoms with Gasteiger partial charge in [0.05, 0.1) is 6.26 Å². The van der Waals surface area contributed by atoms with Crippen molar-refractivity contribution in [2.75, 3.05) is 5.32 Å². The van der Waals surface area contributed by atoms with E-state index in [0.717, 1.165) is 18.4 Å². The Balaban J connectivity index is 2.85. The summed E-state index contributed by atoms with van der Waals surface area (Å²) in [6.07, 6.45) is 3.97. The van der Waals surface area contributed by atoms with Crippen molar-refractivity contribution in [2.45, 2.75) is 59.8 Å². The van der Waals surface area contributed by atoms with E-state index in [-0.39, 0.29) is 11.3 Å². The molecule has 18 heavy (non-hydrogen) atoms. The smallest absolute Gasteiger partial charge is 0.223 e. The van der Waals surface area contributed by atoms with E-state index in [1.54, 1.807) is 6.26 Å². The SMILES string of the molecule is CCC(C)(C)CC(C)(C)c1coc(NC(C)=O)c1. The summed E-state index contributed by atoms with van der Waals surface area (Å²) in [5.41, 5.74) is 1.47. The maximum Gasteiger partial charge on any atom is 0.223 e. The first kappa shape index (κ1) is 14.8. The summed E-state index contributed by atoms with van der Waals surface area (Å²) in [4.78, 5) is 11.0. The van der Waals surface area contributed by atoms with Gasteiger partial charge in [0.2, 0.25) is 5.91 Å². The molecule has 1 N–H and O–H groups in total. The van der Waals surface area contributed by atoms with Gasteiger partial charge in [-0.1, -0.05) is 41.0 Å². The van der Waals surface area contributed by atoms with Gasteiger partial charge in [-0.25, -0.2) is 0 Å². The van der Waals surface area contributed by atoms with Crippen molar-refractivity contribution >= 4 is 11.8 Å². The zero-order valence-electron chi connectivity index (χ0n) is 12.4. The lowest BCUT2D eigenvalue weighted by atomic mass is 9.71. The van der Waals surface area contributed by atoms with Crippen LogP contribution in [0.1, 0.15) is 59.9 Å². The molecule has 0 atom stereocenters. The average Bonchev–Trinajstić information content (AvgIpc) is 2.64. The number of carbonyl (C=O) groups is 1. The topological polar surface area (TPSA) is 42.2 Å². The molecule has 0 bridgehead atoms. The third kappa shape index (κ3) is 3.90. The number of anilines is 1. The minimum atomic E-state index is -0.109. The lowest BCUT2D eigenvalue weighted by molar-refractivity contribution is -0.114. The fourth-order valence-corrected chi connectivity index (χ4v) is 2.35. The molecular formula is C15H25NO2. The third-order valence-electron chi connectivity index (χ3n) is 3.56. The Morgan fingerprint density at radius 2 is 1.94 bits per heavy atom. The molecule has 1 amide bonds. The van der Waals surface area contributed by atoms with Crippen molar-refractivity contribution in [1.82, 2.24) is 0 Å². The summed E-state index contributed by atoms with van der Waals surface area (Å²) in [6, 6.07) is 1.92. The first-order chi connectivity index (χ1) is 8.16. The molecular weight excluding hydrogens is 226 g/mol. The summed E-state index contributed by atoms with van der Waals surface area (Å²) in [7, 11) is 0. The van der Waals surface area contributed by atoms with E-state index in [9.17, 15) is 4.79 Å². The number of nitrogens with one attached hydrogen (secondary N) is 1. The number of hydrogen-bond donors (Lipinski definition) is 1. The van der Waals surface area contributed by atoms with Crippen LogP contribution in [-0.2, 0) is 10.2 Å². The summed E-state index contributed by atoms with van der Waals surface area (Å²) < 4.78 is 5.38. The highest BCUT2D eigenvalue weighted by molar-refractivity contribution is 5.87. The van der Waals surface area contributed by atoms with Gasteiger partial charge >= 0.3 is 0 Å². The zero-order chi connectivity index (χ0) is 14.0. The first-order valence-corrected chi connectivity index (χ1v) is 6.53. The molecule has 0 saturated heterocycles. The second-order valence-corrected chi connectivity index (χ2v) is 6.46. The van der Waals surface area contributed by atoms with Crippen LogP contribution in [0.3, 0.4) is 0 Å². The monoisotopic (exact) mass is 251 g/mol. The number of amides is 1. The number of carbonyl (C=O) groups excluding carboxylic acids is 1. The molecule has 1 aromatic heterocycles. The predicted molar refractivity (Wildman–Crippen MR) is 74.7 cm³/mol. The van der Waals surface area contributed by atoms with Crippen LogP contribution < -0.4 is 5.32 Å². The van der Waals surface area contributed by atoms with Crippen molar-refractivity contribution in [3.8, 4) is 0 Å². The molecule has 3 nitrogen and oxygen atoms in total. The Morgan fingerprint density at radius 1 is 1.33 bits per heavy atom. The Labute approximate surface area is 110 Å². The van der Waals surface area contributed by atoms with E-state index in [1.165, 1.54) is 6.92 Å². The maximum absolute atomic E-state index is 11.0. The molecule has 0 aliphatic heterocycles. The molecule has 1 heterocycles. The Hall–Kier alpha value is -1.25. The third-order valence-corrected chi connectivity index (χ3v) is 3.56. The number of rotatable bonds is 5. The van der Waals surface area contributed by atoms with Crippen LogP contribution in [0.25, 0.3) is 0 Å². The molecule has 0 unspecified atom stereocenters. The molecule has 0 aliphatic rings. The van der Waals surface area contributed by atoms with Gasteiger partial charge in [-0.05, 0) is 22.8 Å². The second-order valence-electron chi connectivity index (χ2n) is 6.46. The molecule has 0 fully saturated rings. The highest BCUT2D eigenvalue weighted by Crippen LogP contribution is 2.39. The van der Waals surface area contributed by atoms with Crippen LogP contribution in [0.5, 0.6) is 0 Å². The molecule has 0 aromatic carbocycles. The quantitative estimate of drug-likeness (QED) is 0.845. The lowest BCUT2D eigenvalue weighted by Gasteiger charge is -2.33. The maximum atomic E-state index is 11.0. The number of hydrogen-bond acceptors (Lipinski definition) is 2. The predicted octanol–water partition coefficient (Wildman–Crippen LogP) is 4.34. The summed E-state index contributed by atoms with van der Waals surface area (Å²) in [5, 5.41) is 2.67. The van der Waals surface area contributed by atoms with Crippen LogP contribution >= 0.6 is 0 Å². The fraction of sp³-hybridized carbons (Fsp3) is 0.667. The molecule has 1 aromatic rings. The van der Waals surface area contributed by atoms with Gasteiger partial charge < -0.3 is 4.42 Å². The van der Waals surface area contributed by atoms with Crippen LogP contribution in [0.4, 0.5) is 5.88 Å². The van der Waals surface area contributed by atoms with Gasteiger partial charge in [-0.15, -0.1) is 0 Å². The first-order valence-electron chi connectivity index (χ1n) is 6.53.